The van der Waals surface area contributed by atoms with E-state index in [0.717, 1.165) is 16.2 Å². The van der Waals surface area contributed by atoms with E-state index in [-0.39, 0.29) is 17.7 Å². The molecule has 4 heterocycles. The van der Waals surface area contributed by atoms with Gasteiger partial charge in [0.25, 0.3) is 5.91 Å². The molecule has 0 saturated carbocycles. The van der Waals surface area contributed by atoms with Crippen LogP contribution < -0.4 is 5.32 Å². The van der Waals surface area contributed by atoms with Crippen LogP contribution in [0.5, 0.6) is 0 Å². The maximum absolute atomic E-state index is 13.3. The number of rotatable bonds is 6. The second kappa shape index (κ2) is 9.72. The Kier molecular flexibility index (Phi) is 6.35. The summed E-state index contributed by atoms with van der Waals surface area (Å²) in [7, 11) is 0. The molecule has 0 radical (unpaired) electrons. The van der Waals surface area contributed by atoms with Crippen molar-refractivity contribution in [3.63, 3.8) is 0 Å². The number of piperidine rings is 1. The Hall–Kier alpha value is -3.59. The summed E-state index contributed by atoms with van der Waals surface area (Å²) in [4.78, 5) is 33.3. The highest BCUT2D eigenvalue weighted by Gasteiger charge is 2.29. The Morgan fingerprint density at radius 1 is 1.15 bits per heavy atom. The molecule has 8 nitrogen and oxygen atoms in total. The van der Waals surface area contributed by atoms with Crippen LogP contribution in [-0.4, -0.2) is 44.3 Å². The van der Waals surface area contributed by atoms with E-state index in [4.69, 9.17) is 4.52 Å². The SMILES string of the molecule is Cc1cc(NC(=O)C2CCN(C(=O)c3ccccc3SCc3cn4ccccc4n3)CC2)no1. The number of pyridine rings is 1. The molecule has 0 unspecified atom stereocenters. The van der Waals surface area contributed by atoms with Crippen molar-refractivity contribution in [3.8, 4) is 0 Å². The number of anilines is 1. The van der Waals surface area contributed by atoms with E-state index in [1.807, 2.05) is 64.2 Å². The van der Waals surface area contributed by atoms with Crippen LogP contribution in [0, 0.1) is 12.8 Å². The van der Waals surface area contributed by atoms with Gasteiger partial charge < -0.3 is 19.1 Å². The first kappa shape index (κ1) is 22.2. The lowest BCUT2D eigenvalue weighted by molar-refractivity contribution is -0.121. The molecule has 9 heteroatoms. The highest BCUT2D eigenvalue weighted by Crippen LogP contribution is 2.29. The van der Waals surface area contributed by atoms with Gasteiger partial charge in [-0.25, -0.2) is 4.98 Å². The molecule has 0 spiro atoms. The van der Waals surface area contributed by atoms with Crippen molar-refractivity contribution in [3.05, 3.63) is 77.9 Å². The average Bonchev–Trinajstić information content (AvgIpc) is 3.47. The number of aryl methyl sites for hydroxylation is 1. The van der Waals surface area contributed by atoms with Crippen LogP contribution in [0.3, 0.4) is 0 Å². The number of hydrogen-bond acceptors (Lipinski definition) is 6. The van der Waals surface area contributed by atoms with Gasteiger partial charge in [-0.15, -0.1) is 11.8 Å². The van der Waals surface area contributed by atoms with Gasteiger partial charge in [-0.2, -0.15) is 0 Å². The van der Waals surface area contributed by atoms with E-state index in [0.29, 0.717) is 48.8 Å². The third-order valence-electron chi connectivity index (χ3n) is 5.94. The largest absolute Gasteiger partial charge is 0.360 e. The molecule has 0 atom stereocenters. The van der Waals surface area contributed by atoms with E-state index in [2.05, 4.69) is 15.5 Å². The lowest BCUT2D eigenvalue weighted by Gasteiger charge is -2.31. The third-order valence-corrected chi connectivity index (χ3v) is 7.05. The quantitative estimate of drug-likeness (QED) is 0.415. The van der Waals surface area contributed by atoms with E-state index in [1.165, 1.54) is 0 Å². The van der Waals surface area contributed by atoms with Crippen molar-refractivity contribution in [2.24, 2.45) is 5.92 Å². The second-order valence-corrected chi connectivity index (χ2v) is 9.38. The Morgan fingerprint density at radius 3 is 2.71 bits per heavy atom. The highest BCUT2D eigenvalue weighted by atomic mass is 32.2. The van der Waals surface area contributed by atoms with Gasteiger partial charge in [0.05, 0.1) is 11.3 Å². The van der Waals surface area contributed by atoms with Gasteiger partial charge in [0.2, 0.25) is 5.91 Å². The summed E-state index contributed by atoms with van der Waals surface area (Å²) in [5, 5.41) is 6.62. The summed E-state index contributed by atoms with van der Waals surface area (Å²) in [5.41, 5.74) is 2.57. The van der Waals surface area contributed by atoms with Crippen LogP contribution in [0.4, 0.5) is 5.82 Å². The average molecular weight is 476 g/mol. The van der Waals surface area contributed by atoms with Gasteiger partial charge in [0.15, 0.2) is 5.82 Å². The van der Waals surface area contributed by atoms with Crippen LogP contribution in [0.2, 0.25) is 0 Å². The fraction of sp³-hybridized carbons (Fsp3) is 0.280. The molecule has 4 aromatic rings. The van der Waals surface area contributed by atoms with E-state index in [1.54, 1.807) is 24.8 Å². The molecular formula is C25H25N5O3S. The van der Waals surface area contributed by atoms with E-state index in [9.17, 15) is 9.59 Å². The second-order valence-electron chi connectivity index (χ2n) is 8.36. The Labute approximate surface area is 201 Å². The molecule has 34 heavy (non-hydrogen) atoms. The number of imidazole rings is 1. The van der Waals surface area contributed by atoms with Crippen LogP contribution in [0.25, 0.3) is 5.65 Å². The predicted octanol–water partition coefficient (Wildman–Crippen LogP) is 4.41. The van der Waals surface area contributed by atoms with Crippen LogP contribution in [-0.2, 0) is 10.5 Å². The van der Waals surface area contributed by atoms with Crippen molar-refractivity contribution in [2.75, 3.05) is 18.4 Å². The predicted molar refractivity (Wildman–Crippen MR) is 130 cm³/mol. The summed E-state index contributed by atoms with van der Waals surface area (Å²) in [6, 6.07) is 15.3. The van der Waals surface area contributed by atoms with Crippen molar-refractivity contribution in [2.45, 2.75) is 30.4 Å². The molecule has 1 aliphatic rings. The molecule has 1 N–H and O–H groups in total. The van der Waals surface area contributed by atoms with Crippen LogP contribution in [0.1, 0.15) is 34.7 Å². The molecule has 0 aliphatic carbocycles. The summed E-state index contributed by atoms with van der Waals surface area (Å²) >= 11 is 1.61. The molecule has 1 fully saturated rings. The Morgan fingerprint density at radius 2 is 1.94 bits per heavy atom. The molecule has 174 valence electrons. The number of carbonyl (C=O) groups excluding carboxylic acids is 2. The molecule has 5 rings (SSSR count). The zero-order valence-electron chi connectivity index (χ0n) is 18.8. The van der Waals surface area contributed by atoms with Gasteiger partial charge >= 0.3 is 0 Å². The maximum atomic E-state index is 13.3. The van der Waals surface area contributed by atoms with Gasteiger partial charge in [0, 0.05) is 48.1 Å². The standard InChI is InChI=1S/C25H25N5O3S/c1-17-14-22(28-33-17)27-24(31)18-9-12-29(13-10-18)25(32)20-6-2-3-7-21(20)34-16-19-15-30-11-5-4-8-23(30)26-19/h2-8,11,14-15,18H,9-10,12-13,16H2,1H3,(H,27,28,31). The van der Waals surface area contributed by atoms with Crippen LogP contribution >= 0.6 is 11.8 Å². The number of benzene rings is 1. The minimum atomic E-state index is -0.152. The number of amides is 2. The number of carbonyl (C=O) groups is 2. The summed E-state index contributed by atoms with van der Waals surface area (Å²) in [6.07, 6.45) is 5.23. The molecule has 1 aromatic carbocycles. The monoisotopic (exact) mass is 475 g/mol. The van der Waals surface area contributed by atoms with E-state index < -0.39 is 0 Å². The Bertz CT molecular complexity index is 1290. The first-order chi connectivity index (χ1) is 16.6. The minimum absolute atomic E-state index is 0.00378. The first-order valence-electron chi connectivity index (χ1n) is 11.2. The zero-order valence-corrected chi connectivity index (χ0v) is 19.6. The number of nitrogens with one attached hydrogen (secondary N) is 1. The summed E-state index contributed by atoms with van der Waals surface area (Å²) in [6.45, 7) is 2.86. The molecule has 0 bridgehead atoms. The minimum Gasteiger partial charge on any atom is -0.360 e. The molecule has 3 aromatic heterocycles. The highest BCUT2D eigenvalue weighted by molar-refractivity contribution is 7.98. The Balaban J connectivity index is 1.20. The van der Waals surface area contributed by atoms with Gasteiger partial charge in [-0.1, -0.05) is 23.4 Å². The topological polar surface area (TPSA) is 92.7 Å². The molecular weight excluding hydrogens is 450 g/mol. The van der Waals surface area contributed by atoms with Crippen molar-refractivity contribution < 1.29 is 14.1 Å². The van der Waals surface area contributed by atoms with Crippen molar-refractivity contribution in [1.82, 2.24) is 19.4 Å². The molecule has 2 amide bonds. The summed E-state index contributed by atoms with van der Waals surface area (Å²) in [5.74, 6) is 1.52. The van der Waals surface area contributed by atoms with Gasteiger partial charge in [-0.3, -0.25) is 9.59 Å². The number of nitrogens with zero attached hydrogens (tertiary/aromatic N) is 4. The van der Waals surface area contributed by atoms with E-state index >= 15 is 0 Å². The maximum Gasteiger partial charge on any atom is 0.254 e. The smallest absolute Gasteiger partial charge is 0.254 e. The fourth-order valence-corrected chi connectivity index (χ4v) is 5.07. The zero-order chi connectivity index (χ0) is 23.5. The van der Waals surface area contributed by atoms with Gasteiger partial charge in [0.1, 0.15) is 11.4 Å². The lowest BCUT2D eigenvalue weighted by Crippen LogP contribution is -2.41. The lowest BCUT2D eigenvalue weighted by atomic mass is 9.95. The van der Waals surface area contributed by atoms with Gasteiger partial charge in [-0.05, 0) is 44.0 Å². The number of thioether (sulfide) groups is 1. The summed E-state index contributed by atoms with van der Waals surface area (Å²) < 4.78 is 7.00. The number of aromatic nitrogens is 3. The molecule has 1 aliphatic heterocycles. The fourth-order valence-electron chi connectivity index (χ4n) is 4.15. The number of hydrogen-bond donors (Lipinski definition) is 1. The molecule has 1 saturated heterocycles. The van der Waals surface area contributed by atoms with Crippen molar-refractivity contribution >= 4 is 35.0 Å². The first-order valence-corrected chi connectivity index (χ1v) is 12.2. The number of likely N-dealkylation sites (tertiary alicyclic amines) is 1. The van der Waals surface area contributed by atoms with Crippen molar-refractivity contribution in [1.29, 1.82) is 0 Å². The normalized spacial score (nSPS) is 14.4. The third kappa shape index (κ3) is 4.84. The number of fused-ring (bicyclic) bond motifs is 1. The van der Waals surface area contributed by atoms with Crippen LogP contribution in [0.15, 0.2) is 70.3 Å².